The number of alkyl halides is 3. The fourth-order valence-corrected chi connectivity index (χ4v) is 3.37. The molecular formula is C27H24F4N2O5. The van der Waals surface area contributed by atoms with E-state index in [1.54, 1.807) is 18.2 Å². The number of anilines is 2. The molecule has 0 aromatic heterocycles. The van der Waals surface area contributed by atoms with Gasteiger partial charge in [0, 0.05) is 29.8 Å². The summed E-state index contributed by atoms with van der Waals surface area (Å²) in [6.07, 6.45) is -4.20. The second-order valence-corrected chi connectivity index (χ2v) is 8.28. The molecule has 0 aliphatic carbocycles. The Hall–Kier alpha value is -4.54. The number of carboxylic acid groups (broad SMARTS) is 1. The lowest BCUT2D eigenvalue weighted by molar-refractivity contribution is -0.136. The molecule has 0 atom stereocenters. The maximum absolute atomic E-state index is 14.2. The zero-order chi connectivity index (χ0) is 27.9. The monoisotopic (exact) mass is 532 g/mol. The number of aliphatic carboxylic acids is 1. The van der Waals surface area contributed by atoms with E-state index in [4.69, 9.17) is 20.9 Å². The molecule has 0 aliphatic rings. The maximum atomic E-state index is 14.2. The van der Waals surface area contributed by atoms with Gasteiger partial charge in [0.15, 0.2) is 11.6 Å². The highest BCUT2D eigenvalue weighted by Gasteiger charge is 2.26. The smallest absolute Gasteiger partial charge is 0.389 e. The van der Waals surface area contributed by atoms with Crippen molar-refractivity contribution in [1.82, 2.24) is 0 Å². The van der Waals surface area contributed by atoms with Gasteiger partial charge in [-0.3, -0.25) is 0 Å². The molecule has 0 fully saturated rings. The number of rotatable bonds is 10. The quantitative estimate of drug-likeness (QED) is 0.0771. The highest BCUT2D eigenvalue weighted by Crippen LogP contribution is 2.25. The van der Waals surface area contributed by atoms with E-state index in [-0.39, 0.29) is 42.1 Å². The number of ether oxygens (including phenoxy) is 2. The van der Waals surface area contributed by atoms with Crippen molar-refractivity contribution in [3.05, 3.63) is 88.7 Å². The minimum Gasteiger partial charge on any atom is -0.491 e. The summed E-state index contributed by atoms with van der Waals surface area (Å²) in [7, 11) is 0. The summed E-state index contributed by atoms with van der Waals surface area (Å²) in [4.78, 5) is 24.1. The molecule has 0 heterocycles. The van der Waals surface area contributed by atoms with E-state index in [0.717, 1.165) is 12.1 Å². The second-order valence-electron chi connectivity index (χ2n) is 8.28. The van der Waals surface area contributed by atoms with Gasteiger partial charge in [0.25, 0.3) is 0 Å². The number of carbonyl (C=O) groups is 2. The largest absolute Gasteiger partial charge is 0.491 e. The van der Waals surface area contributed by atoms with Crippen LogP contribution in [0.1, 0.15) is 34.3 Å². The summed E-state index contributed by atoms with van der Waals surface area (Å²) in [6.45, 7) is -0.335. The summed E-state index contributed by atoms with van der Waals surface area (Å²) in [6, 6.07) is 14.0. The van der Waals surface area contributed by atoms with Crippen molar-refractivity contribution in [2.24, 2.45) is 0 Å². The van der Waals surface area contributed by atoms with E-state index in [2.05, 4.69) is 0 Å². The predicted octanol–water partition coefficient (Wildman–Crippen LogP) is 5.64. The Morgan fingerprint density at radius 1 is 0.974 bits per heavy atom. The van der Waals surface area contributed by atoms with E-state index in [1.807, 2.05) is 0 Å². The Bertz CT molecular complexity index is 1340. The number of esters is 1. The predicted molar refractivity (Wildman–Crippen MR) is 133 cm³/mol. The van der Waals surface area contributed by atoms with Crippen molar-refractivity contribution < 1.29 is 41.7 Å². The summed E-state index contributed by atoms with van der Waals surface area (Å²) in [5.41, 5.74) is 13.5. The van der Waals surface area contributed by atoms with Gasteiger partial charge in [-0.05, 0) is 66.1 Å². The fourth-order valence-electron chi connectivity index (χ4n) is 3.37. The molecule has 3 aromatic carbocycles. The average Bonchev–Trinajstić information content (AvgIpc) is 2.84. The lowest BCUT2D eigenvalue weighted by atomic mass is 10.0. The van der Waals surface area contributed by atoms with Gasteiger partial charge < -0.3 is 26.0 Å². The number of halogens is 4. The first-order valence-corrected chi connectivity index (χ1v) is 11.3. The average molecular weight is 532 g/mol. The molecule has 0 spiro atoms. The maximum Gasteiger partial charge on any atom is 0.389 e. The molecule has 11 heteroatoms. The third kappa shape index (κ3) is 8.26. The number of carbonyl (C=O) groups excluding carboxylic acids is 1. The van der Waals surface area contributed by atoms with Crippen molar-refractivity contribution in [1.29, 1.82) is 0 Å². The van der Waals surface area contributed by atoms with Gasteiger partial charge in [-0.1, -0.05) is 18.2 Å². The van der Waals surface area contributed by atoms with Crippen LogP contribution in [0.5, 0.6) is 11.5 Å². The molecule has 0 saturated carbocycles. The normalized spacial score (nSPS) is 11.7. The van der Waals surface area contributed by atoms with Gasteiger partial charge in [-0.15, -0.1) is 0 Å². The number of nitrogen functional groups attached to an aromatic ring is 2. The second kappa shape index (κ2) is 12.1. The van der Waals surface area contributed by atoms with E-state index in [1.165, 1.54) is 36.4 Å². The van der Waals surface area contributed by atoms with Crippen LogP contribution < -0.4 is 20.9 Å². The van der Waals surface area contributed by atoms with Gasteiger partial charge in [0.2, 0.25) is 0 Å². The van der Waals surface area contributed by atoms with Crippen LogP contribution in [-0.2, 0) is 11.2 Å². The number of benzene rings is 3. The lowest BCUT2D eigenvalue weighted by Gasteiger charge is -2.10. The van der Waals surface area contributed by atoms with E-state index in [0.29, 0.717) is 22.5 Å². The minimum atomic E-state index is -4.32. The van der Waals surface area contributed by atoms with Crippen molar-refractivity contribution in [3.63, 3.8) is 0 Å². The van der Waals surface area contributed by atoms with Crippen LogP contribution >= 0.6 is 0 Å². The van der Waals surface area contributed by atoms with Crippen LogP contribution in [0.25, 0.3) is 6.08 Å². The van der Waals surface area contributed by atoms with Crippen LogP contribution in [-0.4, -0.2) is 29.8 Å². The van der Waals surface area contributed by atoms with Crippen LogP contribution in [0.2, 0.25) is 0 Å². The Kier molecular flexibility index (Phi) is 8.95. The van der Waals surface area contributed by atoms with Crippen LogP contribution in [0.4, 0.5) is 28.9 Å². The Morgan fingerprint density at radius 3 is 2.29 bits per heavy atom. The summed E-state index contributed by atoms with van der Waals surface area (Å²) >= 11 is 0. The van der Waals surface area contributed by atoms with Crippen molar-refractivity contribution in [3.8, 4) is 11.5 Å². The Morgan fingerprint density at radius 2 is 1.68 bits per heavy atom. The zero-order valence-corrected chi connectivity index (χ0v) is 19.9. The standard InChI is InChI=1S/C27H24F4N2O5/c28-22-14-18(5-9-24(22)37-11-1-10-27(29,30)31)26(36)38-21-7-2-16(3-8-21)12-19(25(34)35)13-17-4-6-20(32)15-23(17)33/h2-9,12,14-15H,1,10-11,13,32-33H2,(H,34,35)/b19-12+. The highest BCUT2D eigenvalue weighted by atomic mass is 19.4. The van der Waals surface area contributed by atoms with Crippen LogP contribution in [0.3, 0.4) is 0 Å². The molecule has 0 unspecified atom stereocenters. The number of hydrogen-bond acceptors (Lipinski definition) is 6. The first-order chi connectivity index (χ1) is 17.9. The fraction of sp³-hybridized carbons (Fsp3) is 0.185. The van der Waals surface area contributed by atoms with Gasteiger partial charge in [-0.25, -0.2) is 14.0 Å². The Labute approximate surface area is 215 Å². The molecule has 0 bridgehead atoms. The van der Waals surface area contributed by atoms with Gasteiger partial charge in [0.05, 0.1) is 12.2 Å². The van der Waals surface area contributed by atoms with Gasteiger partial charge in [0.1, 0.15) is 5.75 Å². The van der Waals surface area contributed by atoms with Gasteiger partial charge in [-0.2, -0.15) is 13.2 Å². The molecule has 200 valence electrons. The minimum absolute atomic E-state index is 0.0613. The number of nitrogens with two attached hydrogens (primary N) is 2. The topological polar surface area (TPSA) is 125 Å². The van der Waals surface area contributed by atoms with Crippen molar-refractivity contribution in [2.45, 2.75) is 25.4 Å². The third-order valence-electron chi connectivity index (χ3n) is 5.29. The molecule has 7 nitrogen and oxygen atoms in total. The molecule has 0 saturated heterocycles. The summed E-state index contributed by atoms with van der Waals surface area (Å²) in [5, 5.41) is 9.59. The number of hydrogen-bond donors (Lipinski definition) is 3. The molecule has 0 amide bonds. The first kappa shape index (κ1) is 28.0. The lowest BCUT2D eigenvalue weighted by Crippen LogP contribution is -2.11. The molecule has 38 heavy (non-hydrogen) atoms. The summed E-state index contributed by atoms with van der Waals surface area (Å²) in [5.74, 6) is -3.09. The highest BCUT2D eigenvalue weighted by molar-refractivity contribution is 5.93. The molecule has 3 aromatic rings. The first-order valence-electron chi connectivity index (χ1n) is 11.3. The molecule has 3 rings (SSSR count). The molecule has 0 radical (unpaired) electrons. The SMILES string of the molecule is Nc1ccc(C/C(=C\c2ccc(OC(=O)c3ccc(OCCCC(F)(F)F)c(F)c3)cc2)C(=O)O)c(N)c1. The van der Waals surface area contributed by atoms with Crippen LogP contribution in [0.15, 0.2) is 66.2 Å². The third-order valence-corrected chi connectivity index (χ3v) is 5.29. The zero-order valence-electron chi connectivity index (χ0n) is 19.9. The molecule has 5 N–H and O–H groups in total. The molecule has 0 aliphatic heterocycles. The van der Waals surface area contributed by atoms with E-state index < -0.39 is 30.4 Å². The van der Waals surface area contributed by atoms with Gasteiger partial charge >= 0.3 is 18.1 Å². The van der Waals surface area contributed by atoms with Crippen molar-refractivity contribution in [2.75, 3.05) is 18.1 Å². The number of carboxylic acids is 1. The van der Waals surface area contributed by atoms with E-state index >= 15 is 0 Å². The van der Waals surface area contributed by atoms with Crippen LogP contribution in [0, 0.1) is 5.82 Å². The summed E-state index contributed by atoms with van der Waals surface area (Å²) < 4.78 is 61.0. The van der Waals surface area contributed by atoms with E-state index in [9.17, 15) is 32.3 Å². The van der Waals surface area contributed by atoms with Crippen molar-refractivity contribution >= 4 is 29.4 Å². The Balaban J connectivity index is 1.63. The molecular weight excluding hydrogens is 508 g/mol.